The van der Waals surface area contributed by atoms with E-state index in [0.29, 0.717) is 0 Å². The molecule has 0 heterocycles. The number of hydrogen-bond acceptors (Lipinski definition) is 4. The smallest absolute Gasteiger partial charge is 0.108 e. The third kappa shape index (κ3) is 14.2. The summed E-state index contributed by atoms with van der Waals surface area (Å²) in [6, 6.07) is 0. The molecule has 2 unspecified atom stereocenters. The van der Waals surface area contributed by atoms with Crippen molar-refractivity contribution in [3.8, 4) is 0 Å². The SMILES string of the molecule is CCN(CC)C(C)OC(C)(C)C.CCN(CC)C(C)OC(C)(C)C. The molecule has 4 heteroatoms. The largest absolute Gasteiger partial charge is 0.358 e. The minimum absolute atomic E-state index is 0.0397. The Morgan fingerprint density at radius 3 is 0.917 bits per heavy atom. The molecule has 0 radical (unpaired) electrons. The second-order valence-electron chi connectivity index (χ2n) is 8.10. The van der Waals surface area contributed by atoms with Gasteiger partial charge in [-0.3, -0.25) is 9.80 Å². The second-order valence-corrected chi connectivity index (χ2v) is 8.10. The highest BCUT2D eigenvalue weighted by Crippen LogP contribution is 2.13. The zero-order valence-corrected chi connectivity index (χ0v) is 18.7. The maximum Gasteiger partial charge on any atom is 0.108 e. The van der Waals surface area contributed by atoms with Gasteiger partial charge in [0.05, 0.1) is 11.2 Å². The van der Waals surface area contributed by atoms with E-state index in [4.69, 9.17) is 9.47 Å². The minimum Gasteiger partial charge on any atom is -0.358 e. The Labute approximate surface area is 152 Å². The van der Waals surface area contributed by atoms with E-state index in [1.165, 1.54) is 0 Å². The van der Waals surface area contributed by atoms with E-state index in [0.717, 1.165) is 26.2 Å². The molecule has 0 saturated heterocycles. The molecule has 0 bridgehead atoms. The van der Waals surface area contributed by atoms with E-state index in [9.17, 15) is 0 Å². The Kier molecular flexibility index (Phi) is 13.3. The van der Waals surface area contributed by atoms with Crippen molar-refractivity contribution in [3.63, 3.8) is 0 Å². The average Bonchev–Trinajstić information content (AvgIpc) is 2.38. The van der Waals surface area contributed by atoms with Gasteiger partial charge in [-0.1, -0.05) is 27.7 Å². The first-order valence-electron chi connectivity index (χ1n) is 9.64. The molecule has 0 spiro atoms. The summed E-state index contributed by atoms with van der Waals surface area (Å²) in [6.45, 7) is 29.6. The molecule has 0 aliphatic carbocycles. The molecule has 0 N–H and O–H groups in total. The molecule has 0 aromatic rings. The molecular formula is C20H46N2O2. The van der Waals surface area contributed by atoms with Crippen LogP contribution in [0.25, 0.3) is 0 Å². The van der Waals surface area contributed by atoms with Crippen LogP contribution in [0.4, 0.5) is 0 Å². The van der Waals surface area contributed by atoms with Crippen molar-refractivity contribution >= 4 is 0 Å². The van der Waals surface area contributed by atoms with Crippen LogP contribution in [0.2, 0.25) is 0 Å². The van der Waals surface area contributed by atoms with E-state index in [1.807, 2.05) is 0 Å². The van der Waals surface area contributed by atoms with Gasteiger partial charge in [0.25, 0.3) is 0 Å². The normalized spacial score (nSPS) is 15.2. The van der Waals surface area contributed by atoms with E-state index in [-0.39, 0.29) is 23.7 Å². The summed E-state index contributed by atoms with van der Waals surface area (Å²) < 4.78 is 11.6. The third-order valence-corrected chi connectivity index (χ3v) is 3.70. The Bertz CT molecular complexity index is 257. The van der Waals surface area contributed by atoms with Gasteiger partial charge < -0.3 is 9.47 Å². The highest BCUT2D eigenvalue weighted by molar-refractivity contribution is 4.64. The first-order chi connectivity index (χ1) is 10.8. The predicted octanol–water partition coefficient (Wildman–Crippen LogP) is 4.98. The molecule has 148 valence electrons. The summed E-state index contributed by atoms with van der Waals surface area (Å²) in [5.74, 6) is 0. The standard InChI is InChI=1S/2C10H23NO/c2*1-7-11(8-2)9(3)12-10(4,5)6/h2*9H,7-8H2,1-6H3. The number of rotatable bonds is 8. The van der Waals surface area contributed by atoms with Gasteiger partial charge in [-0.25, -0.2) is 0 Å². The Hall–Kier alpha value is -0.160. The highest BCUT2D eigenvalue weighted by atomic mass is 16.5. The summed E-state index contributed by atoms with van der Waals surface area (Å²) in [4.78, 5) is 4.59. The van der Waals surface area contributed by atoms with E-state index in [1.54, 1.807) is 0 Å². The number of ether oxygens (including phenoxy) is 2. The van der Waals surface area contributed by atoms with Crippen LogP contribution in [0, 0.1) is 0 Å². The lowest BCUT2D eigenvalue weighted by Gasteiger charge is -2.32. The second kappa shape index (κ2) is 12.2. The maximum absolute atomic E-state index is 5.81. The van der Waals surface area contributed by atoms with Gasteiger partial charge in [0, 0.05) is 0 Å². The number of hydrogen-bond donors (Lipinski definition) is 0. The van der Waals surface area contributed by atoms with Crippen molar-refractivity contribution < 1.29 is 9.47 Å². The molecule has 0 aliphatic heterocycles. The summed E-state index contributed by atoms with van der Waals surface area (Å²) in [5, 5.41) is 0. The topological polar surface area (TPSA) is 24.9 Å². The number of nitrogens with zero attached hydrogens (tertiary/aromatic N) is 2. The van der Waals surface area contributed by atoms with Gasteiger partial charge in [-0.15, -0.1) is 0 Å². The first-order valence-corrected chi connectivity index (χ1v) is 9.64. The predicted molar refractivity (Wildman–Crippen MR) is 106 cm³/mol. The lowest BCUT2D eigenvalue weighted by Crippen LogP contribution is -2.39. The minimum atomic E-state index is -0.0397. The van der Waals surface area contributed by atoms with Gasteiger partial charge in [-0.05, 0) is 81.6 Å². The molecule has 0 fully saturated rings. The van der Waals surface area contributed by atoms with Crippen LogP contribution in [0.1, 0.15) is 83.1 Å². The third-order valence-electron chi connectivity index (χ3n) is 3.70. The van der Waals surface area contributed by atoms with Gasteiger partial charge in [0.2, 0.25) is 0 Å². The lowest BCUT2D eigenvalue weighted by atomic mass is 10.2. The van der Waals surface area contributed by atoms with E-state index in [2.05, 4.69) is 92.9 Å². The van der Waals surface area contributed by atoms with Gasteiger partial charge in [0.15, 0.2) is 0 Å². The van der Waals surface area contributed by atoms with Crippen LogP contribution in [0.15, 0.2) is 0 Å². The van der Waals surface area contributed by atoms with Crippen molar-refractivity contribution in [3.05, 3.63) is 0 Å². The summed E-state index contributed by atoms with van der Waals surface area (Å²) >= 11 is 0. The zero-order valence-electron chi connectivity index (χ0n) is 18.7. The molecule has 24 heavy (non-hydrogen) atoms. The van der Waals surface area contributed by atoms with Crippen LogP contribution in [0.3, 0.4) is 0 Å². The summed E-state index contributed by atoms with van der Waals surface area (Å²) in [7, 11) is 0. The van der Waals surface area contributed by atoms with E-state index >= 15 is 0 Å². The fourth-order valence-electron chi connectivity index (χ4n) is 2.65. The van der Waals surface area contributed by atoms with Crippen LogP contribution in [0.5, 0.6) is 0 Å². The Balaban J connectivity index is 0. The quantitative estimate of drug-likeness (QED) is 0.579. The van der Waals surface area contributed by atoms with Crippen LogP contribution >= 0.6 is 0 Å². The van der Waals surface area contributed by atoms with Crippen molar-refractivity contribution in [2.24, 2.45) is 0 Å². The molecule has 0 amide bonds. The Morgan fingerprint density at radius 1 is 0.583 bits per heavy atom. The van der Waals surface area contributed by atoms with Crippen molar-refractivity contribution in [2.75, 3.05) is 26.2 Å². The lowest BCUT2D eigenvalue weighted by molar-refractivity contribution is -0.121. The fourth-order valence-corrected chi connectivity index (χ4v) is 2.65. The van der Waals surface area contributed by atoms with Crippen molar-refractivity contribution in [1.29, 1.82) is 0 Å². The van der Waals surface area contributed by atoms with Gasteiger partial charge in [-0.2, -0.15) is 0 Å². The Morgan fingerprint density at radius 2 is 0.792 bits per heavy atom. The van der Waals surface area contributed by atoms with Gasteiger partial charge >= 0.3 is 0 Å². The fraction of sp³-hybridized carbons (Fsp3) is 1.00. The molecule has 0 saturated carbocycles. The molecule has 0 aromatic heterocycles. The molecule has 0 aromatic carbocycles. The monoisotopic (exact) mass is 346 g/mol. The summed E-state index contributed by atoms with van der Waals surface area (Å²) in [6.07, 6.45) is 0.444. The van der Waals surface area contributed by atoms with Crippen LogP contribution in [-0.4, -0.2) is 59.6 Å². The first kappa shape index (κ1) is 26.1. The zero-order chi connectivity index (χ0) is 19.6. The highest BCUT2D eigenvalue weighted by Gasteiger charge is 2.19. The maximum atomic E-state index is 5.81. The van der Waals surface area contributed by atoms with E-state index < -0.39 is 0 Å². The molecule has 0 rings (SSSR count). The van der Waals surface area contributed by atoms with Crippen LogP contribution in [-0.2, 0) is 9.47 Å². The van der Waals surface area contributed by atoms with Crippen LogP contribution < -0.4 is 0 Å². The molecule has 4 nitrogen and oxygen atoms in total. The average molecular weight is 347 g/mol. The van der Waals surface area contributed by atoms with Crippen molar-refractivity contribution in [2.45, 2.75) is 107 Å². The molecule has 2 atom stereocenters. The van der Waals surface area contributed by atoms with Crippen molar-refractivity contribution in [1.82, 2.24) is 9.80 Å². The summed E-state index contributed by atoms with van der Waals surface area (Å²) in [5.41, 5.74) is -0.0794. The molecular weight excluding hydrogens is 300 g/mol. The molecule has 0 aliphatic rings. The van der Waals surface area contributed by atoms with Gasteiger partial charge in [0.1, 0.15) is 12.5 Å².